The molecule has 0 aromatic heterocycles. The van der Waals surface area contributed by atoms with E-state index < -0.39 is 0 Å². The number of nitrogens with two attached hydrogens (primary N) is 1. The molecule has 3 N–H and O–H groups in total. The summed E-state index contributed by atoms with van der Waals surface area (Å²) in [7, 11) is 1.69. The minimum atomic E-state index is 0.133. The maximum atomic E-state index is 5.59. The van der Waals surface area contributed by atoms with Crippen molar-refractivity contribution in [2.75, 3.05) is 20.3 Å². The van der Waals surface area contributed by atoms with Crippen LogP contribution in [0.25, 0.3) is 0 Å². The SMILES string of the molecule is CCCCN(C(=NC(C)COC)NN)C1CC1. The lowest BCUT2D eigenvalue weighted by Crippen LogP contribution is -2.47. The summed E-state index contributed by atoms with van der Waals surface area (Å²) in [5.41, 5.74) is 2.74. The van der Waals surface area contributed by atoms with Gasteiger partial charge in [0.25, 0.3) is 0 Å². The first-order chi connectivity index (χ1) is 8.22. The highest BCUT2D eigenvalue weighted by Gasteiger charge is 2.30. The number of nitrogens with zero attached hydrogens (tertiary/aromatic N) is 2. The standard InChI is InChI=1S/C12H26N4O/c1-4-5-8-16(11-6-7-11)12(15-13)14-10(2)9-17-3/h10-11H,4-9,13H2,1-3H3,(H,14,15). The molecule has 1 aliphatic carbocycles. The Balaban J connectivity index is 2.59. The van der Waals surface area contributed by atoms with Crippen LogP contribution >= 0.6 is 0 Å². The zero-order chi connectivity index (χ0) is 12.7. The van der Waals surface area contributed by atoms with Crippen LogP contribution in [0.4, 0.5) is 0 Å². The molecule has 0 heterocycles. The lowest BCUT2D eigenvalue weighted by molar-refractivity contribution is 0.185. The smallest absolute Gasteiger partial charge is 0.208 e. The van der Waals surface area contributed by atoms with Gasteiger partial charge in [-0.3, -0.25) is 5.43 Å². The van der Waals surface area contributed by atoms with Crippen molar-refractivity contribution in [1.29, 1.82) is 0 Å². The van der Waals surface area contributed by atoms with Crippen LogP contribution in [0.2, 0.25) is 0 Å². The number of aliphatic imine (C=N–C) groups is 1. The van der Waals surface area contributed by atoms with E-state index >= 15 is 0 Å². The number of guanidine groups is 1. The summed E-state index contributed by atoms with van der Waals surface area (Å²) in [6, 6.07) is 0.764. The maximum Gasteiger partial charge on any atom is 0.208 e. The van der Waals surface area contributed by atoms with Gasteiger partial charge in [0.2, 0.25) is 5.96 Å². The van der Waals surface area contributed by atoms with E-state index in [9.17, 15) is 0 Å². The van der Waals surface area contributed by atoms with E-state index in [0.717, 1.165) is 12.5 Å². The van der Waals surface area contributed by atoms with E-state index in [1.165, 1.54) is 25.7 Å². The van der Waals surface area contributed by atoms with Gasteiger partial charge in [-0.15, -0.1) is 0 Å². The largest absolute Gasteiger partial charge is 0.382 e. The third-order valence-corrected chi connectivity index (χ3v) is 2.89. The Morgan fingerprint density at radius 2 is 2.29 bits per heavy atom. The van der Waals surface area contributed by atoms with E-state index in [1.807, 2.05) is 6.92 Å². The molecular weight excluding hydrogens is 216 g/mol. The predicted octanol–water partition coefficient (Wildman–Crippen LogP) is 1.11. The Labute approximate surface area is 104 Å². The highest BCUT2D eigenvalue weighted by molar-refractivity contribution is 5.80. The van der Waals surface area contributed by atoms with Crippen LogP contribution in [0.5, 0.6) is 0 Å². The highest BCUT2D eigenvalue weighted by Crippen LogP contribution is 2.27. The van der Waals surface area contributed by atoms with Gasteiger partial charge in [0.05, 0.1) is 12.6 Å². The van der Waals surface area contributed by atoms with Gasteiger partial charge in [0.1, 0.15) is 0 Å². The van der Waals surface area contributed by atoms with Crippen LogP contribution in [-0.2, 0) is 4.74 Å². The summed E-state index contributed by atoms with van der Waals surface area (Å²) in [6.45, 7) is 5.89. The molecule has 1 unspecified atom stereocenters. The van der Waals surface area contributed by atoms with E-state index in [-0.39, 0.29) is 6.04 Å². The summed E-state index contributed by atoms with van der Waals surface area (Å²) in [5, 5.41) is 0. The zero-order valence-electron chi connectivity index (χ0n) is 11.3. The number of rotatable bonds is 7. The van der Waals surface area contributed by atoms with Gasteiger partial charge in [0, 0.05) is 19.7 Å². The topological polar surface area (TPSA) is 62.9 Å². The fourth-order valence-electron chi connectivity index (χ4n) is 1.86. The summed E-state index contributed by atoms with van der Waals surface area (Å²) < 4.78 is 5.09. The summed E-state index contributed by atoms with van der Waals surface area (Å²) in [6.07, 6.45) is 4.87. The molecule has 1 saturated carbocycles. The Morgan fingerprint density at radius 1 is 1.59 bits per heavy atom. The number of ether oxygens (including phenoxy) is 1. The molecule has 1 atom stereocenters. The van der Waals surface area contributed by atoms with Crippen LogP contribution < -0.4 is 11.3 Å². The number of hydrogen-bond donors (Lipinski definition) is 2. The second-order valence-electron chi connectivity index (χ2n) is 4.68. The van der Waals surface area contributed by atoms with E-state index in [1.54, 1.807) is 7.11 Å². The number of unbranched alkanes of at least 4 members (excludes halogenated alkanes) is 1. The van der Waals surface area contributed by atoms with Crippen LogP contribution in [0.1, 0.15) is 39.5 Å². The molecule has 17 heavy (non-hydrogen) atoms. The van der Waals surface area contributed by atoms with Crippen LogP contribution in [0, 0.1) is 0 Å². The van der Waals surface area contributed by atoms with Crippen molar-refractivity contribution in [3.63, 3.8) is 0 Å². The minimum absolute atomic E-state index is 0.133. The Kier molecular flexibility index (Phi) is 6.29. The van der Waals surface area contributed by atoms with Crippen molar-refractivity contribution in [1.82, 2.24) is 10.3 Å². The Bertz CT molecular complexity index is 241. The van der Waals surface area contributed by atoms with Crippen LogP contribution in [-0.4, -0.2) is 43.2 Å². The summed E-state index contributed by atoms with van der Waals surface area (Å²) in [5.74, 6) is 6.40. The van der Waals surface area contributed by atoms with Gasteiger partial charge in [-0.25, -0.2) is 10.8 Å². The average molecular weight is 242 g/mol. The fourth-order valence-corrected chi connectivity index (χ4v) is 1.86. The molecule has 5 heteroatoms. The lowest BCUT2D eigenvalue weighted by atomic mass is 10.3. The van der Waals surface area contributed by atoms with Gasteiger partial charge in [-0.2, -0.15) is 0 Å². The molecule has 5 nitrogen and oxygen atoms in total. The molecule has 0 bridgehead atoms. The molecule has 0 radical (unpaired) electrons. The zero-order valence-corrected chi connectivity index (χ0v) is 11.3. The van der Waals surface area contributed by atoms with Gasteiger partial charge in [-0.05, 0) is 26.2 Å². The Hall–Kier alpha value is -0.810. The molecule has 1 rings (SSSR count). The Morgan fingerprint density at radius 3 is 2.76 bits per heavy atom. The molecule has 0 saturated heterocycles. The molecule has 0 aromatic carbocycles. The van der Waals surface area contributed by atoms with E-state index in [0.29, 0.717) is 12.6 Å². The van der Waals surface area contributed by atoms with Crippen molar-refractivity contribution in [2.45, 2.75) is 51.6 Å². The number of methoxy groups -OCH3 is 1. The normalized spacial score (nSPS) is 18.0. The molecule has 0 spiro atoms. The molecule has 100 valence electrons. The lowest BCUT2D eigenvalue weighted by Gasteiger charge is -2.26. The van der Waals surface area contributed by atoms with Crippen molar-refractivity contribution >= 4 is 5.96 Å². The van der Waals surface area contributed by atoms with Crippen molar-refractivity contribution in [3.8, 4) is 0 Å². The molecule has 0 amide bonds. The monoisotopic (exact) mass is 242 g/mol. The van der Waals surface area contributed by atoms with Crippen molar-refractivity contribution in [2.24, 2.45) is 10.8 Å². The van der Waals surface area contributed by atoms with Gasteiger partial charge in [-0.1, -0.05) is 13.3 Å². The summed E-state index contributed by atoms with van der Waals surface area (Å²) >= 11 is 0. The first-order valence-corrected chi connectivity index (χ1v) is 6.52. The van der Waals surface area contributed by atoms with E-state index in [2.05, 4.69) is 22.2 Å². The second kappa shape index (κ2) is 7.50. The maximum absolute atomic E-state index is 5.59. The molecule has 1 fully saturated rings. The molecule has 0 aromatic rings. The first kappa shape index (κ1) is 14.3. The number of hydrazine groups is 1. The van der Waals surface area contributed by atoms with Crippen LogP contribution in [0.15, 0.2) is 4.99 Å². The molecular formula is C12H26N4O. The van der Waals surface area contributed by atoms with Crippen molar-refractivity contribution in [3.05, 3.63) is 0 Å². The predicted molar refractivity (Wildman–Crippen MR) is 70.7 cm³/mol. The fraction of sp³-hybridized carbons (Fsp3) is 0.917. The van der Waals surface area contributed by atoms with Crippen molar-refractivity contribution < 1.29 is 4.74 Å². The number of nitrogens with one attached hydrogen (secondary N) is 1. The summed E-state index contributed by atoms with van der Waals surface area (Å²) in [4.78, 5) is 6.88. The quantitative estimate of drug-likeness (QED) is 0.304. The highest BCUT2D eigenvalue weighted by atomic mass is 16.5. The molecule has 0 aliphatic heterocycles. The third-order valence-electron chi connectivity index (χ3n) is 2.89. The van der Waals surface area contributed by atoms with E-state index in [4.69, 9.17) is 10.6 Å². The average Bonchev–Trinajstić information content (AvgIpc) is 3.12. The van der Waals surface area contributed by atoms with Gasteiger partial charge >= 0.3 is 0 Å². The minimum Gasteiger partial charge on any atom is -0.382 e. The van der Waals surface area contributed by atoms with Gasteiger partial charge < -0.3 is 9.64 Å². The molecule has 1 aliphatic rings. The second-order valence-corrected chi connectivity index (χ2v) is 4.68. The van der Waals surface area contributed by atoms with Crippen LogP contribution in [0.3, 0.4) is 0 Å². The third kappa shape index (κ3) is 4.91. The number of hydrogen-bond acceptors (Lipinski definition) is 3. The first-order valence-electron chi connectivity index (χ1n) is 6.52. The van der Waals surface area contributed by atoms with Gasteiger partial charge in [0.15, 0.2) is 0 Å².